The number of likely N-dealkylation sites (tertiary alicyclic amines) is 1. The molecule has 2 aliphatic heterocycles. The van der Waals surface area contributed by atoms with Crippen molar-refractivity contribution in [3.8, 4) is 0 Å². The molecule has 0 bridgehead atoms. The Morgan fingerprint density at radius 3 is 2.78 bits per heavy atom. The van der Waals surface area contributed by atoms with E-state index in [0.717, 1.165) is 12.8 Å². The minimum atomic E-state index is -0.678. The first kappa shape index (κ1) is 13.3. The lowest BCUT2D eigenvalue weighted by Gasteiger charge is -2.29. The monoisotopic (exact) mass is 257 g/mol. The van der Waals surface area contributed by atoms with Crippen molar-refractivity contribution in [1.82, 2.24) is 4.90 Å². The van der Waals surface area contributed by atoms with Crippen LogP contribution < -0.4 is 0 Å². The van der Waals surface area contributed by atoms with E-state index in [9.17, 15) is 14.7 Å². The van der Waals surface area contributed by atoms with E-state index < -0.39 is 24.2 Å². The number of methoxy groups -OCH3 is 1. The summed E-state index contributed by atoms with van der Waals surface area (Å²) in [6.07, 6.45) is 1.70. The van der Waals surface area contributed by atoms with Crippen LogP contribution in [-0.4, -0.2) is 60.4 Å². The Balaban J connectivity index is 2.04. The summed E-state index contributed by atoms with van der Waals surface area (Å²) >= 11 is 0. The van der Waals surface area contributed by atoms with E-state index in [0.29, 0.717) is 13.0 Å². The third-order valence-corrected chi connectivity index (χ3v) is 3.49. The van der Waals surface area contributed by atoms with Gasteiger partial charge in [-0.25, -0.2) is 4.79 Å². The molecule has 2 rings (SSSR count). The van der Waals surface area contributed by atoms with E-state index in [4.69, 9.17) is 4.74 Å². The number of rotatable bonds is 2. The summed E-state index contributed by atoms with van der Waals surface area (Å²) in [7, 11) is 1.28. The number of aliphatic hydroxyl groups is 1. The highest BCUT2D eigenvalue weighted by Crippen LogP contribution is 2.23. The van der Waals surface area contributed by atoms with Gasteiger partial charge in [-0.15, -0.1) is 0 Å². The maximum absolute atomic E-state index is 12.3. The first-order chi connectivity index (χ1) is 8.63. The topological polar surface area (TPSA) is 76.1 Å². The van der Waals surface area contributed by atoms with Crippen molar-refractivity contribution >= 4 is 11.9 Å². The fraction of sp³-hybridized carbons (Fsp3) is 0.833. The van der Waals surface area contributed by atoms with Gasteiger partial charge in [0.25, 0.3) is 5.91 Å². The molecule has 102 valence electrons. The maximum Gasteiger partial charge on any atom is 0.328 e. The largest absolute Gasteiger partial charge is 0.467 e. The molecule has 2 fully saturated rings. The Morgan fingerprint density at radius 1 is 1.39 bits per heavy atom. The summed E-state index contributed by atoms with van der Waals surface area (Å²) < 4.78 is 10.1. The Morgan fingerprint density at radius 2 is 2.17 bits per heavy atom. The second-order valence-corrected chi connectivity index (χ2v) is 4.77. The number of aliphatic hydroxyl groups excluding tert-OH is 1. The van der Waals surface area contributed by atoms with Crippen molar-refractivity contribution in [2.75, 3.05) is 20.3 Å². The smallest absolute Gasteiger partial charge is 0.328 e. The second kappa shape index (κ2) is 5.67. The highest BCUT2D eigenvalue weighted by atomic mass is 16.5. The standard InChI is InChI=1S/C12H19NO5/c1-17-12(16)9-6-8(14)7-13(9)11(15)10-4-2-3-5-18-10/h8-10,14H,2-7H2,1H3. The van der Waals surface area contributed by atoms with Crippen LogP contribution in [0.25, 0.3) is 0 Å². The van der Waals surface area contributed by atoms with Gasteiger partial charge >= 0.3 is 5.97 Å². The molecule has 0 aromatic carbocycles. The molecule has 6 heteroatoms. The molecule has 18 heavy (non-hydrogen) atoms. The van der Waals surface area contributed by atoms with Crippen molar-refractivity contribution in [3.63, 3.8) is 0 Å². The number of esters is 1. The molecule has 0 radical (unpaired) electrons. The normalized spacial score (nSPS) is 32.3. The number of β-amino-alcohol motifs (C(OH)–C–C–N with tert-alkyl or cyclic N) is 1. The lowest BCUT2D eigenvalue weighted by Crippen LogP contribution is -2.47. The number of carbonyl (C=O) groups excluding carboxylic acids is 2. The minimum Gasteiger partial charge on any atom is -0.467 e. The van der Waals surface area contributed by atoms with Crippen molar-refractivity contribution in [1.29, 1.82) is 0 Å². The Kier molecular flexibility index (Phi) is 4.19. The molecule has 0 saturated carbocycles. The summed E-state index contributed by atoms with van der Waals surface area (Å²) in [6.45, 7) is 0.758. The van der Waals surface area contributed by atoms with Gasteiger partial charge in [0.05, 0.1) is 13.2 Å². The lowest BCUT2D eigenvalue weighted by atomic mass is 10.1. The molecule has 2 aliphatic rings. The third-order valence-electron chi connectivity index (χ3n) is 3.49. The molecular formula is C12H19NO5. The predicted octanol–water partition coefficient (Wildman–Crippen LogP) is -0.310. The molecule has 6 nitrogen and oxygen atoms in total. The summed E-state index contributed by atoms with van der Waals surface area (Å²) in [4.78, 5) is 25.2. The van der Waals surface area contributed by atoms with E-state index in [-0.39, 0.29) is 18.9 Å². The summed E-state index contributed by atoms with van der Waals surface area (Å²) in [6, 6.07) is -0.678. The highest BCUT2D eigenvalue weighted by Gasteiger charge is 2.42. The summed E-state index contributed by atoms with van der Waals surface area (Å²) in [5.41, 5.74) is 0. The number of hydrogen-bond donors (Lipinski definition) is 1. The van der Waals surface area contributed by atoms with Gasteiger partial charge < -0.3 is 19.5 Å². The quantitative estimate of drug-likeness (QED) is 0.687. The molecule has 0 spiro atoms. The number of amides is 1. The van der Waals surface area contributed by atoms with E-state index in [2.05, 4.69) is 4.74 Å². The fourth-order valence-electron chi connectivity index (χ4n) is 2.54. The van der Waals surface area contributed by atoms with Crippen LogP contribution in [0.1, 0.15) is 25.7 Å². The molecule has 0 aromatic rings. The van der Waals surface area contributed by atoms with Gasteiger partial charge in [0.15, 0.2) is 0 Å². The van der Waals surface area contributed by atoms with E-state index in [1.54, 1.807) is 0 Å². The molecule has 2 heterocycles. The highest BCUT2D eigenvalue weighted by molar-refractivity contribution is 5.87. The van der Waals surface area contributed by atoms with E-state index in [1.165, 1.54) is 12.0 Å². The number of hydrogen-bond acceptors (Lipinski definition) is 5. The van der Waals surface area contributed by atoms with Crippen molar-refractivity contribution < 1.29 is 24.2 Å². The Labute approximate surface area is 106 Å². The van der Waals surface area contributed by atoms with Gasteiger partial charge in [0.1, 0.15) is 12.1 Å². The van der Waals surface area contributed by atoms with Crippen molar-refractivity contribution in [3.05, 3.63) is 0 Å². The summed E-state index contributed by atoms with van der Waals surface area (Å²) in [5, 5.41) is 9.62. The SMILES string of the molecule is COC(=O)C1CC(O)CN1C(=O)C1CCCCO1. The van der Waals surface area contributed by atoms with Crippen LogP contribution in [-0.2, 0) is 19.1 Å². The molecular weight excluding hydrogens is 238 g/mol. The van der Waals surface area contributed by atoms with Crippen LogP contribution >= 0.6 is 0 Å². The van der Waals surface area contributed by atoms with Gasteiger partial charge in [0.2, 0.25) is 0 Å². The average molecular weight is 257 g/mol. The second-order valence-electron chi connectivity index (χ2n) is 4.77. The molecule has 2 saturated heterocycles. The molecule has 0 aliphatic carbocycles. The van der Waals surface area contributed by atoms with Crippen LogP contribution in [0.2, 0.25) is 0 Å². The first-order valence-electron chi connectivity index (χ1n) is 6.31. The number of carbonyl (C=O) groups is 2. The van der Waals surface area contributed by atoms with E-state index in [1.807, 2.05) is 0 Å². The zero-order valence-corrected chi connectivity index (χ0v) is 10.5. The van der Waals surface area contributed by atoms with Gasteiger partial charge in [-0.05, 0) is 19.3 Å². The lowest BCUT2D eigenvalue weighted by molar-refractivity contribution is -0.157. The molecule has 3 unspecified atom stereocenters. The predicted molar refractivity (Wildman–Crippen MR) is 61.7 cm³/mol. The number of nitrogens with zero attached hydrogens (tertiary/aromatic N) is 1. The van der Waals surface area contributed by atoms with E-state index >= 15 is 0 Å². The Bertz CT molecular complexity index is 326. The van der Waals surface area contributed by atoms with Gasteiger partial charge in [-0.3, -0.25) is 4.79 Å². The van der Waals surface area contributed by atoms with Crippen LogP contribution in [0.15, 0.2) is 0 Å². The average Bonchev–Trinajstić information content (AvgIpc) is 2.80. The minimum absolute atomic E-state index is 0.179. The first-order valence-corrected chi connectivity index (χ1v) is 6.31. The third kappa shape index (κ3) is 2.64. The molecule has 1 amide bonds. The van der Waals surface area contributed by atoms with Crippen LogP contribution in [0.5, 0.6) is 0 Å². The van der Waals surface area contributed by atoms with Gasteiger partial charge in [-0.2, -0.15) is 0 Å². The zero-order chi connectivity index (χ0) is 13.1. The van der Waals surface area contributed by atoms with Gasteiger partial charge in [-0.1, -0.05) is 0 Å². The van der Waals surface area contributed by atoms with Crippen LogP contribution in [0, 0.1) is 0 Å². The Hall–Kier alpha value is -1.14. The maximum atomic E-state index is 12.3. The number of ether oxygens (including phenoxy) is 2. The van der Waals surface area contributed by atoms with Crippen molar-refractivity contribution in [2.45, 2.75) is 43.9 Å². The zero-order valence-electron chi connectivity index (χ0n) is 10.5. The molecule has 3 atom stereocenters. The van der Waals surface area contributed by atoms with Gasteiger partial charge in [0, 0.05) is 19.6 Å². The molecule has 0 aromatic heterocycles. The van der Waals surface area contributed by atoms with Crippen LogP contribution in [0.3, 0.4) is 0 Å². The fourth-order valence-corrected chi connectivity index (χ4v) is 2.54. The summed E-state index contributed by atoms with van der Waals surface area (Å²) in [5.74, 6) is -0.683. The van der Waals surface area contributed by atoms with Crippen molar-refractivity contribution in [2.24, 2.45) is 0 Å². The molecule has 1 N–H and O–H groups in total. The van der Waals surface area contributed by atoms with Crippen LogP contribution in [0.4, 0.5) is 0 Å².